The molecule has 0 saturated heterocycles. The van der Waals surface area contributed by atoms with Crippen molar-refractivity contribution in [2.24, 2.45) is 0 Å². The lowest BCUT2D eigenvalue weighted by molar-refractivity contribution is 0.408. The van der Waals surface area contributed by atoms with E-state index in [-0.39, 0.29) is 0 Å². The number of rotatable bonds is 3. The Morgan fingerprint density at radius 3 is 2.56 bits per heavy atom. The number of ether oxygens (including phenoxy) is 1. The number of aryl methyl sites for hydroxylation is 1. The standard InChI is InChI=1S/C14H17ClN2O/c1-8-5-11(9(2)10(3)14(8)18-4)12-7-16-13(6-15)17-12/h5,7H,6H2,1-4H3,(H,16,17). The molecule has 0 aliphatic rings. The fourth-order valence-corrected chi connectivity index (χ4v) is 2.36. The molecule has 96 valence electrons. The molecule has 4 heteroatoms. The van der Waals surface area contributed by atoms with Gasteiger partial charge in [-0.2, -0.15) is 0 Å². The maximum atomic E-state index is 5.76. The van der Waals surface area contributed by atoms with Crippen molar-refractivity contribution in [2.45, 2.75) is 26.7 Å². The fourth-order valence-electron chi connectivity index (χ4n) is 2.22. The van der Waals surface area contributed by atoms with Crippen LogP contribution in [-0.4, -0.2) is 17.1 Å². The number of imidazole rings is 1. The Kier molecular flexibility index (Phi) is 3.62. The van der Waals surface area contributed by atoms with Crippen LogP contribution in [0.4, 0.5) is 0 Å². The second-order valence-corrected chi connectivity index (χ2v) is 4.67. The van der Waals surface area contributed by atoms with Gasteiger partial charge in [0.25, 0.3) is 0 Å². The number of nitrogens with zero attached hydrogens (tertiary/aromatic N) is 1. The van der Waals surface area contributed by atoms with Crippen LogP contribution >= 0.6 is 11.6 Å². The number of hydrogen-bond donors (Lipinski definition) is 1. The number of benzene rings is 1. The minimum absolute atomic E-state index is 0.396. The van der Waals surface area contributed by atoms with E-state index in [0.29, 0.717) is 5.88 Å². The lowest BCUT2D eigenvalue weighted by Gasteiger charge is -2.14. The van der Waals surface area contributed by atoms with E-state index >= 15 is 0 Å². The fraction of sp³-hybridized carbons (Fsp3) is 0.357. The molecule has 2 rings (SSSR count). The molecule has 0 fully saturated rings. The number of alkyl halides is 1. The molecule has 0 amide bonds. The SMILES string of the molecule is COc1c(C)cc(-c2cnc(CCl)[nH]2)c(C)c1C. The normalized spacial score (nSPS) is 10.7. The third-order valence-corrected chi connectivity index (χ3v) is 3.53. The van der Waals surface area contributed by atoms with Gasteiger partial charge in [0.15, 0.2) is 0 Å². The van der Waals surface area contributed by atoms with E-state index in [1.807, 2.05) is 13.1 Å². The van der Waals surface area contributed by atoms with Crippen molar-refractivity contribution in [2.75, 3.05) is 7.11 Å². The summed E-state index contributed by atoms with van der Waals surface area (Å²) in [6.07, 6.45) is 1.82. The van der Waals surface area contributed by atoms with E-state index < -0.39 is 0 Å². The smallest absolute Gasteiger partial charge is 0.124 e. The highest BCUT2D eigenvalue weighted by molar-refractivity contribution is 6.16. The van der Waals surface area contributed by atoms with Crippen LogP contribution in [-0.2, 0) is 5.88 Å². The van der Waals surface area contributed by atoms with E-state index in [9.17, 15) is 0 Å². The summed E-state index contributed by atoms with van der Waals surface area (Å²) in [4.78, 5) is 7.46. The summed E-state index contributed by atoms with van der Waals surface area (Å²) >= 11 is 5.76. The molecule has 0 bridgehead atoms. The maximum Gasteiger partial charge on any atom is 0.124 e. The van der Waals surface area contributed by atoms with Gasteiger partial charge >= 0.3 is 0 Å². The van der Waals surface area contributed by atoms with E-state index in [1.165, 1.54) is 5.56 Å². The molecular formula is C14H17ClN2O. The van der Waals surface area contributed by atoms with Gasteiger partial charge in [-0.25, -0.2) is 4.98 Å². The number of methoxy groups -OCH3 is 1. The van der Waals surface area contributed by atoms with Crippen molar-refractivity contribution in [3.63, 3.8) is 0 Å². The summed E-state index contributed by atoms with van der Waals surface area (Å²) < 4.78 is 5.43. The summed E-state index contributed by atoms with van der Waals surface area (Å²) in [7, 11) is 1.70. The van der Waals surface area contributed by atoms with Crippen LogP contribution in [0.25, 0.3) is 11.3 Å². The topological polar surface area (TPSA) is 37.9 Å². The van der Waals surface area contributed by atoms with Gasteiger partial charge in [0.05, 0.1) is 24.9 Å². The molecule has 1 heterocycles. The summed E-state index contributed by atoms with van der Waals surface area (Å²) in [6, 6.07) is 2.12. The Hall–Kier alpha value is -1.48. The highest BCUT2D eigenvalue weighted by atomic mass is 35.5. The van der Waals surface area contributed by atoms with Gasteiger partial charge in [-0.1, -0.05) is 0 Å². The first-order chi connectivity index (χ1) is 8.58. The number of H-pyrrole nitrogens is 1. The Balaban J connectivity index is 2.58. The van der Waals surface area contributed by atoms with Crippen molar-refractivity contribution in [3.8, 4) is 17.0 Å². The molecule has 2 aromatic rings. The Labute approximate surface area is 112 Å². The highest BCUT2D eigenvalue weighted by Crippen LogP contribution is 2.33. The first kappa shape index (κ1) is 13.0. The average Bonchev–Trinajstić information content (AvgIpc) is 2.83. The van der Waals surface area contributed by atoms with Crippen molar-refractivity contribution >= 4 is 11.6 Å². The van der Waals surface area contributed by atoms with Crippen LogP contribution in [0.1, 0.15) is 22.5 Å². The van der Waals surface area contributed by atoms with Crippen molar-refractivity contribution < 1.29 is 4.74 Å². The molecule has 0 spiro atoms. The summed E-state index contributed by atoms with van der Waals surface area (Å²) in [6.45, 7) is 6.21. The molecule has 0 aliphatic carbocycles. The van der Waals surface area contributed by atoms with Crippen molar-refractivity contribution in [1.82, 2.24) is 9.97 Å². The number of aromatic amines is 1. The number of hydrogen-bond acceptors (Lipinski definition) is 2. The maximum absolute atomic E-state index is 5.76. The lowest BCUT2D eigenvalue weighted by atomic mass is 9.97. The second-order valence-electron chi connectivity index (χ2n) is 4.40. The van der Waals surface area contributed by atoms with Gasteiger partial charge in [-0.3, -0.25) is 0 Å². The zero-order chi connectivity index (χ0) is 13.3. The number of halogens is 1. The van der Waals surface area contributed by atoms with Gasteiger partial charge < -0.3 is 9.72 Å². The number of nitrogens with one attached hydrogen (secondary N) is 1. The summed E-state index contributed by atoms with van der Waals surface area (Å²) in [5.74, 6) is 2.14. The third kappa shape index (κ3) is 2.10. The van der Waals surface area contributed by atoms with E-state index in [1.54, 1.807) is 7.11 Å². The highest BCUT2D eigenvalue weighted by Gasteiger charge is 2.13. The molecule has 1 aromatic heterocycles. The zero-order valence-electron chi connectivity index (χ0n) is 11.1. The van der Waals surface area contributed by atoms with Gasteiger partial charge in [-0.15, -0.1) is 11.6 Å². The Morgan fingerprint density at radius 2 is 2.00 bits per heavy atom. The minimum Gasteiger partial charge on any atom is -0.496 e. The van der Waals surface area contributed by atoms with Gasteiger partial charge in [0.2, 0.25) is 0 Å². The molecule has 0 saturated carbocycles. The van der Waals surface area contributed by atoms with Crippen LogP contribution in [0, 0.1) is 20.8 Å². The second kappa shape index (κ2) is 5.02. The molecule has 1 N–H and O–H groups in total. The lowest BCUT2D eigenvalue weighted by Crippen LogP contribution is -1.96. The van der Waals surface area contributed by atoms with Crippen molar-refractivity contribution in [1.29, 1.82) is 0 Å². The van der Waals surface area contributed by atoms with Gasteiger partial charge in [0, 0.05) is 5.56 Å². The molecule has 1 aromatic carbocycles. The third-order valence-electron chi connectivity index (χ3n) is 3.28. The monoisotopic (exact) mass is 264 g/mol. The largest absolute Gasteiger partial charge is 0.496 e. The van der Waals surface area contributed by atoms with Gasteiger partial charge in [-0.05, 0) is 43.5 Å². The van der Waals surface area contributed by atoms with E-state index in [2.05, 4.69) is 29.9 Å². The molecule has 18 heavy (non-hydrogen) atoms. The predicted molar refractivity (Wildman–Crippen MR) is 74.3 cm³/mol. The van der Waals surface area contributed by atoms with E-state index in [0.717, 1.165) is 34.0 Å². The molecular weight excluding hydrogens is 248 g/mol. The Bertz CT molecular complexity index is 575. The summed E-state index contributed by atoms with van der Waals surface area (Å²) in [5, 5.41) is 0. The first-order valence-electron chi connectivity index (χ1n) is 5.83. The molecule has 3 nitrogen and oxygen atoms in total. The first-order valence-corrected chi connectivity index (χ1v) is 6.37. The van der Waals surface area contributed by atoms with Crippen LogP contribution in [0.2, 0.25) is 0 Å². The number of aromatic nitrogens is 2. The zero-order valence-corrected chi connectivity index (χ0v) is 11.9. The molecule has 0 radical (unpaired) electrons. The van der Waals surface area contributed by atoms with Crippen molar-refractivity contribution in [3.05, 3.63) is 34.8 Å². The Morgan fingerprint density at radius 1 is 1.28 bits per heavy atom. The summed E-state index contributed by atoms with van der Waals surface area (Å²) in [5.41, 5.74) is 5.63. The average molecular weight is 265 g/mol. The van der Waals surface area contributed by atoms with E-state index in [4.69, 9.17) is 16.3 Å². The van der Waals surface area contributed by atoms with Crippen LogP contribution in [0.3, 0.4) is 0 Å². The minimum atomic E-state index is 0.396. The quantitative estimate of drug-likeness (QED) is 0.858. The van der Waals surface area contributed by atoms with Crippen LogP contribution < -0.4 is 4.74 Å². The molecule has 0 atom stereocenters. The predicted octanol–water partition coefficient (Wildman–Crippen LogP) is 3.75. The van der Waals surface area contributed by atoms with Crippen LogP contribution in [0.5, 0.6) is 5.75 Å². The molecule has 0 aliphatic heterocycles. The van der Waals surface area contributed by atoms with Gasteiger partial charge in [0.1, 0.15) is 11.6 Å². The molecule has 0 unspecified atom stereocenters. The van der Waals surface area contributed by atoms with Crippen LogP contribution in [0.15, 0.2) is 12.3 Å².